The van der Waals surface area contributed by atoms with E-state index in [0.717, 1.165) is 6.20 Å². The summed E-state index contributed by atoms with van der Waals surface area (Å²) in [6, 6.07) is 3.52. The van der Waals surface area contributed by atoms with Crippen LogP contribution in [0.5, 0.6) is 0 Å². The maximum atomic E-state index is 10.5. The van der Waals surface area contributed by atoms with Gasteiger partial charge >= 0.3 is 5.69 Å². The number of hydrogen-bond acceptors (Lipinski definition) is 6. The van der Waals surface area contributed by atoms with Gasteiger partial charge in [-0.05, 0) is 12.1 Å². The summed E-state index contributed by atoms with van der Waals surface area (Å²) in [4.78, 5) is 9.92. The molecule has 2 rings (SSSR count). The lowest BCUT2D eigenvalue weighted by molar-refractivity contribution is -0.385. The summed E-state index contributed by atoms with van der Waals surface area (Å²) < 4.78 is 11.6. The van der Waals surface area contributed by atoms with Crippen LogP contribution in [0.1, 0.15) is 5.76 Å². The number of nitrogens with zero attached hydrogens (tertiary/aromatic N) is 3. The van der Waals surface area contributed by atoms with Gasteiger partial charge in [-0.2, -0.15) is 5.10 Å². The van der Waals surface area contributed by atoms with Gasteiger partial charge in [-0.25, -0.2) is 0 Å². The van der Waals surface area contributed by atoms with Crippen molar-refractivity contribution in [2.75, 3.05) is 6.61 Å². The number of aromatic nitrogens is 2. The lowest BCUT2D eigenvalue weighted by atomic mass is 10.4. The minimum absolute atomic E-state index is 0.0916. The zero-order valence-electron chi connectivity index (χ0n) is 10.0. The molecular formula is C11H13N3O5. The molecule has 8 nitrogen and oxygen atoms in total. The lowest BCUT2D eigenvalue weighted by Crippen LogP contribution is -2.22. The molecule has 0 spiro atoms. The van der Waals surface area contributed by atoms with E-state index in [4.69, 9.17) is 9.15 Å². The third-order valence-corrected chi connectivity index (χ3v) is 2.36. The second-order valence-corrected chi connectivity index (χ2v) is 3.93. The summed E-state index contributed by atoms with van der Waals surface area (Å²) >= 11 is 0. The van der Waals surface area contributed by atoms with Crippen LogP contribution in [-0.2, 0) is 17.9 Å². The normalized spacial score (nSPS) is 12.5. The highest BCUT2D eigenvalue weighted by molar-refractivity contribution is 5.20. The Labute approximate surface area is 108 Å². The van der Waals surface area contributed by atoms with Gasteiger partial charge in [0.1, 0.15) is 24.8 Å². The summed E-state index contributed by atoms with van der Waals surface area (Å²) in [6.07, 6.45) is 3.14. The fourth-order valence-electron chi connectivity index (χ4n) is 1.51. The number of hydrogen-bond donors (Lipinski definition) is 1. The molecule has 1 N–H and O–H groups in total. The maximum Gasteiger partial charge on any atom is 0.306 e. The van der Waals surface area contributed by atoms with Gasteiger partial charge < -0.3 is 14.3 Å². The average molecular weight is 267 g/mol. The third kappa shape index (κ3) is 3.90. The van der Waals surface area contributed by atoms with Gasteiger partial charge in [-0.1, -0.05) is 0 Å². The fraction of sp³-hybridized carbons (Fsp3) is 0.364. The van der Waals surface area contributed by atoms with Crippen LogP contribution in [0.3, 0.4) is 0 Å². The molecule has 0 radical (unpaired) electrons. The summed E-state index contributed by atoms with van der Waals surface area (Å²) in [5.74, 6) is 0.668. The predicted molar refractivity (Wildman–Crippen MR) is 63.3 cm³/mol. The molecule has 0 saturated carbocycles. The number of rotatable bonds is 7. The quantitative estimate of drug-likeness (QED) is 0.592. The Balaban J connectivity index is 1.74. The fourth-order valence-corrected chi connectivity index (χ4v) is 1.51. The highest BCUT2D eigenvalue weighted by atomic mass is 16.6. The van der Waals surface area contributed by atoms with E-state index >= 15 is 0 Å². The molecule has 0 aliphatic rings. The van der Waals surface area contributed by atoms with Crippen LogP contribution >= 0.6 is 0 Å². The zero-order valence-corrected chi connectivity index (χ0v) is 10.0. The van der Waals surface area contributed by atoms with Crippen molar-refractivity contribution < 1.29 is 19.2 Å². The topological polar surface area (TPSA) is 104 Å². The van der Waals surface area contributed by atoms with Gasteiger partial charge in [0, 0.05) is 0 Å². The first kappa shape index (κ1) is 13.2. The first-order valence-electron chi connectivity index (χ1n) is 5.60. The highest BCUT2D eigenvalue weighted by Crippen LogP contribution is 2.08. The second-order valence-electron chi connectivity index (χ2n) is 3.93. The van der Waals surface area contributed by atoms with Crippen LogP contribution in [0.4, 0.5) is 5.69 Å². The first-order valence-corrected chi connectivity index (χ1v) is 5.60. The molecule has 0 aliphatic carbocycles. The van der Waals surface area contributed by atoms with Gasteiger partial charge in [-0.15, -0.1) is 0 Å². The van der Waals surface area contributed by atoms with Crippen LogP contribution in [0.15, 0.2) is 35.2 Å². The Morgan fingerprint density at radius 3 is 3.11 bits per heavy atom. The Morgan fingerprint density at radius 2 is 2.47 bits per heavy atom. The minimum atomic E-state index is -0.797. The van der Waals surface area contributed by atoms with Gasteiger partial charge in [0.15, 0.2) is 0 Å². The molecule has 0 saturated heterocycles. The highest BCUT2D eigenvalue weighted by Gasteiger charge is 2.12. The molecule has 19 heavy (non-hydrogen) atoms. The molecule has 0 aliphatic heterocycles. The second kappa shape index (κ2) is 6.12. The summed E-state index contributed by atoms with van der Waals surface area (Å²) in [6.45, 7) is 0.490. The maximum absolute atomic E-state index is 10.5. The van der Waals surface area contributed by atoms with Crippen LogP contribution in [0.25, 0.3) is 0 Å². The molecule has 2 aromatic rings. The molecule has 102 valence electrons. The summed E-state index contributed by atoms with van der Waals surface area (Å²) in [5, 5.41) is 23.9. The van der Waals surface area contributed by atoms with Crippen molar-refractivity contribution in [3.05, 3.63) is 46.7 Å². The standard InChI is InChI=1S/C11H13N3O5/c15-10(7-18-8-11-2-1-3-19-11)6-13-5-9(4-12-13)14(16)17/h1-5,10,15H,6-8H2. The van der Waals surface area contributed by atoms with Crippen molar-refractivity contribution in [3.8, 4) is 0 Å². The Bertz CT molecular complexity index is 522. The predicted octanol–water partition coefficient (Wildman–Crippen LogP) is 0.962. The molecule has 1 atom stereocenters. The number of furan rings is 1. The van der Waals surface area contributed by atoms with Gasteiger partial charge in [0.05, 0.1) is 30.4 Å². The SMILES string of the molecule is O=[N+]([O-])c1cnn(CC(O)COCc2ccco2)c1. The van der Waals surface area contributed by atoms with Crippen molar-refractivity contribution in [2.45, 2.75) is 19.3 Å². The van der Waals surface area contributed by atoms with E-state index in [-0.39, 0.29) is 25.4 Å². The molecule has 2 aromatic heterocycles. The molecule has 2 heterocycles. The van der Waals surface area contributed by atoms with Crippen LogP contribution in [0, 0.1) is 10.1 Å². The van der Waals surface area contributed by atoms with Crippen LogP contribution in [-0.4, -0.2) is 32.5 Å². The Hall–Kier alpha value is -2.19. The van der Waals surface area contributed by atoms with E-state index in [9.17, 15) is 15.2 Å². The van der Waals surface area contributed by atoms with E-state index in [1.54, 1.807) is 12.1 Å². The van der Waals surface area contributed by atoms with Crippen molar-refractivity contribution in [2.24, 2.45) is 0 Å². The minimum Gasteiger partial charge on any atom is -0.467 e. The number of aliphatic hydroxyl groups is 1. The largest absolute Gasteiger partial charge is 0.467 e. The molecular weight excluding hydrogens is 254 g/mol. The van der Waals surface area contributed by atoms with Gasteiger partial charge in [0.2, 0.25) is 0 Å². The summed E-state index contributed by atoms with van der Waals surface area (Å²) in [5.41, 5.74) is -0.108. The van der Waals surface area contributed by atoms with E-state index in [0.29, 0.717) is 5.76 Å². The number of nitro groups is 1. The monoisotopic (exact) mass is 267 g/mol. The molecule has 8 heteroatoms. The zero-order chi connectivity index (χ0) is 13.7. The smallest absolute Gasteiger partial charge is 0.306 e. The lowest BCUT2D eigenvalue weighted by Gasteiger charge is -2.10. The Morgan fingerprint density at radius 1 is 1.63 bits per heavy atom. The molecule has 0 aromatic carbocycles. The number of ether oxygens (including phenoxy) is 1. The van der Waals surface area contributed by atoms with Crippen LogP contribution < -0.4 is 0 Å². The average Bonchev–Trinajstić information content (AvgIpc) is 3.00. The molecule has 1 unspecified atom stereocenters. The van der Waals surface area contributed by atoms with Gasteiger partial charge in [-0.3, -0.25) is 14.8 Å². The van der Waals surface area contributed by atoms with Crippen LogP contribution in [0.2, 0.25) is 0 Å². The Kier molecular flexibility index (Phi) is 4.26. The summed E-state index contributed by atoms with van der Waals surface area (Å²) in [7, 11) is 0. The first-order chi connectivity index (χ1) is 9.15. The van der Waals surface area contributed by atoms with E-state index < -0.39 is 11.0 Å². The third-order valence-electron chi connectivity index (χ3n) is 2.36. The van der Waals surface area contributed by atoms with Crippen molar-refractivity contribution in [3.63, 3.8) is 0 Å². The van der Waals surface area contributed by atoms with Crippen molar-refractivity contribution in [1.29, 1.82) is 0 Å². The molecule has 0 bridgehead atoms. The van der Waals surface area contributed by atoms with Crippen molar-refractivity contribution >= 4 is 5.69 Å². The van der Waals surface area contributed by atoms with E-state index in [2.05, 4.69) is 5.10 Å². The van der Waals surface area contributed by atoms with E-state index in [1.807, 2.05) is 0 Å². The molecule has 0 fully saturated rings. The van der Waals surface area contributed by atoms with E-state index in [1.165, 1.54) is 17.1 Å². The van der Waals surface area contributed by atoms with Crippen molar-refractivity contribution in [1.82, 2.24) is 9.78 Å². The number of aliphatic hydroxyl groups excluding tert-OH is 1. The molecule has 0 amide bonds. The van der Waals surface area contributed by atoms with Gasteiger partial charge in [0.25, 0.3) is 0 Å².